The molecule has 0 aliphatic carbocycles. The van der Waals surface area contributed by atoms with E-state index in [1.54, 1.807) is 0 Å². The van der Waals surface area contributed by atoms with Crippen LogP contribution in [-0.2, 0) is 17.1 Å². The topological polar surface area (TPSA) is 84.3 Å². The molecule has 0 saturated carbocycles. The molecule has 1 saturated heterocycles. The Labute approximate surface area is 141 Å². The summed E-state index contributed by atoms with van der Waals surface area (Å²) < 4.78 is 61.7. The SMILES string of the molecule is Cn1ncc(NCC2CCN(S(=O)(=O)C(F)(F)F)CC2)c(Cl)c1=O. The maximum Gasteiger partial charge on any atom is 0.511 e. The molecule has 0 spiro atoms. The fourth-order valence-corrected chi connectivity index (χ4v) is 3.61. The van der Waals surface area contributed by atoms with E-state index in [2.05, 4.69) is 10.4 Å². The summed E-state index contributed by atoms with van der Waals surface area (Å²) in [6.45, 7) is -0.0398. The zero-order valence-electron chi connectivity index (χ0n) is 12.7. The summed E-state index contributed by atoms with van der Waals surface area (Å²) in [5, 5.41) is 6.73. The minimum Gasteiger partial charge on any atom is -0.382 e. The van der Waals surface area contributed by atoms with Gasteiger partial charge in [0.25, 0.3) is 5.56 Å². The van der Waals surface area contributed by atoms with Crippen molar-refractivity contribution in [3.05, 3.63) is 21.6 Å². The van der Waals surface area contributed by atoms with E-state index in [9.17, 15) is 26.4 Å². The summed E-state index contributed by atoms with van der Waals surface area (Å²) in [5.41, 5.74) is -5.40. The average molecular weight is 389 g/mol. The Kier molecular flexibility index (Phi) is 5.45. The number of sulfonamides is 1. The Hall–Kier alpha value is -1.33. The van der Waals surface area contributed by atoms with Crippen molar-refractivity contribution < 1.29 is 21.6 Å². The van der Waals surface area contributed by atoms with Gasteiger partial charge >= 0.3 is 15.5 Å². The Bertz CT molecular complexity index is 758. The van der Waals surface area contributed by atoms with Gasteiger partial charge in [-0.2, -0.15) is 22.6 Å². The van der Waals surface area contributed by atoms with Crippen molar-refractivity contribution in [3.63, 3.8) is 0 Å². The molecule has 1 N–H and O–H groups in total. The molecule has 2 rings (SSSR count). The van der Waals surface area contributed by atoms with Crippen LogP contribution in [0.5, 0.6) is 0 Å². The largest absolute Gasteiger partial charge is 0.511 e. The number of hydrogen-bond acceptors (Lipinski definition) is 5. The minimum atomic E-state index is -5.28. The first-order valence-corrected chi connectivity index (χ1v) is 8.88. The number of alkyl halides is 3. The fraction of sp³-hybridized carbons (Fsp3) is 0.667. The lowest BCUT2D eigenvalue weighted by molar-refractivity contribution is -0.0496. The molecule has 0 unspecified atom stereocenters. The van der Waals surface area contributed by atoms with Gasteiger partial charge < -0.3 is 5.32 Å². The third-order valence-electron chi connectivity index (χ3n) is 3.87. The molecule has 1 fully saturated rings. The summed E-state index contributed by atoms with van der Waals surface area (Å²) in [6, 6.07) is 0. The summed E-state index contributed by atoms with van der Waals surface area (Å²) in [5.74, 6) is -0.0372. The highest BCUT2D eigenvalue weighted by Gasteiger charge is 2.50. The van der Waals surface area contributed by atoms with Crippen LogP contribution in [0.1, 0.15) is 12.8 Å². The summed E-state index contributed by atoms with van der Waals surface area (Å²) in [6.07, 6.45) is 1.93. The normalized spacial score (nSPS) is 17.9. The quantitative estimate of drug-likeness (QED) is 0.843. The molecule has 0 aromatic carbocycles. The van der Waals surface area contributed by atoms with Crippen molar-refractivity contribution in [2.45, 2.75) is 18.3 Å². The predicted molar refractivity (Wildman–Crippen MR) is 82.2 cm³/mol. The molecule has 24 heavy (non-hydrogen) atoms. The Morgan fingerprint density at radius 3 is 2.50 bits per heavy atom. The Balaban J connectivity index is 1.93. The molecule has 2 heterocycles. The maximum absolute atomic E-state index is 12.5. The zero-order valence-corrected chi connectivity index (χ0v) is 14.2. The van der Waals surface area contributed by atoms with Gasteiger partial charge in [0.05, 0.1) is 11.9 Å². The number of rotatable bonds is 4. The van der Waals surface area contributed by atoms with Gasteiger partial charge in [-0.05, 0) is 18.8 Å². The van der Waals surface area contributed by atoms with E-state index in [4.69, 9.17) is 11.6 Å². The number of aromatic nitrogens is 2. The first kappa shape index (κ1) is 19.0. The summed E-state index contributed by atoms with van der Waals surface area (Å²) >= 11 is 5.90. The van der Waals surface area contributed by atoms with E-state index < -0.39 is 21.1 Å². The molecule has 0 atom stereocenters. The molecule has 1 aliphatic heterocycles. The highest BCUT2D eigenvalue weighted by molar-refractivity contribution is 7.90. The molecule has 1 aromatic heterocycles. The van der Waals surface area contributed by atoms with Gasteiger partial charge in [0, 0.05) is 26.7 Å². The van der Waals surface area contributed by atoms with Crippen LogP contribution in [0.3, 0.4) is 0 Å². The van der Waals surface area contributed by atoms with Gasteiger partial charge in [-0.1, -0.05) is 11.6 Å². The standard InChI is InChI=1S/C12H16ClF3N4O3S/c1-19-11(21)10(13)9(7-18-19)17-6-8-2-4-20(5-3-8)24(22,23)12(14,15)16/h7-8,17H,2-6H2,1H3. The molecule has 12 heteroatoms. The molecule has 7 nitrogen and oxygen atoms in total. The van der Waals surface area contributed by atoms with Gasteiger partial charge in [-0.3, -0.25) is 4.79 Å². The maximum atomic E-state index is 12.5. The van der Waals surface area contributed by atoms with Crippen molar-refractivity contribution in [1.82, 2.24) is 14.1 Å². The zero-order chi connectivity index (χ0) is 18.1. The van der Waals surface area contributed by atoms with Crippen LogP contribution in [0.4, 0.5) is 18.9 Å². The number of piperidine rings is 1. The number of aryl methyl sites for hydroxylation is 1. The highest BCUT2D eigenvalue weighted by Crippen LogP contribution is 2.30. The molecular formula is C12H16ClF3N4O3S. The van der Waals surface area contributed by atoms with Crippen molar-refractivity contribution in [3.8, 4) is 0 Å². The monoisotopic (exact) mass is 388 g/mol. The average Bonchev–Trinajstić information content (AvgIpc) is 2.51. The van der Waals surface area contributed by atoms with E-state index in [1.807, 2.05) is 0 Å². The molecule has 0 amide bonds. The van der Waals surface area contributed by atoms with Gasteiger partial charge in [0.15, 0.2) is 0 Å². The smallest absolute Gasteiger partial charge is 0.382 e. The summed E-state index contributed by atoms with van der Waals surface area (Å²) in [4.78, 5) is 11.6. The molecule has 1 aromatic rings. The number of nitrogens with one attached hydrogen (secondary N) is 1. The van der Waals surface area contributed by atoms with Gasteiger partial charge in [0.2, 0.25) is 0 Å². The lowest BCUT2D eigenvalue weighted by Gasteiger charge is -2.31. The minimum absolute atomic E-state index is 0.0235. The van der Waals surface area contributed by atoms with Crippen molar-refractivity contribution in [1.29, 1.82) is 0 Å². The predicted octanol–water partition coefficient (Wildman–Crippen LogP) is 1.41. The van der Waals surface area contributed by atoms with Crippen LogP contribution in [0.2, 0.25) is 5.02 Å². The summed E-state index contributed by atoms with van der Waals surface area (Å²) in [7, 11) is -3.82. The van der Waals surface area contributed by atoms with E-state index in [-0.39, 0.29) is 36.9 Å². The number of nitrogens with zero attached hydrogens (tertiary/aromatic N) is 3. The van der Waals surface area contributed by atoms with E-state index in [0.29, 0.717) is 16.5 Å². The molecule has 0 bridgehead atoms. The van der Waals surface area contributed by atoms with Crippen LogP contribution in [-0.4, -0.2) is 47.6 Å². The fourth-order valence-electron chi connectivity index (χ4n) is 2.39. The molecule has 136 valence electrons. The third-order valence-corrected chi connectivity index (χ3v) is 5.86. The van der Waals surface area contributed by atoms with Crippen molar-refractivity contribution in [2.24, 2.45) is 13.0 Å². The van der Waals surface area contributed by atoms with Crippen molar-refractivity contribution >= 4 is 27.3 Å². The first-order chi connectivity index (χ1) is 11.0. The molecular weight excluding hydrogens is 373 g/mol. The van der Waals surface area contributed by atoms with Crippen LogP contribution < -0.4 is 10.9 Å². The van der Waals surface area contributed by atoms with E-state index >= 15 is 0 Å². The first-order valence-electron chi connectivity index (χ1n) is 7.06. The Morgan fingerprint density at radius 1 is 1.38 bits per heavy atom. The highest BCUT2D eigenvalue weighted by atomic mass is 35.5. The lowest BCUT2D eigenvalue weighted by atomic mass is 9.98. The van der Waals surface area contributed by atoms with Crippen LogP contribution >= 0.6 is 11.6 Å². The second kappa shape index (κ2) is 6.89. The second-order valence-electron chi connectivity index (χ2n) is 5.48. The lowest BCUT2D eigenvalue weighted by Crippen LogP contribution is -2.45. The molecule has 0 radical (unpaired) electrons. The van der Waals surface area contributed by atoms with Gasteiger partial charge in [-0.15, -0.1) is 0 Å². The number of halogens is 4. The number of anilines is 1. The number of hydrogen-bond donors (Lipinski definition) is 1. The van der Waals surface area contributed by atoms with Crippen LogP contribution in [0.15, 0.2) is 11.0 Å². The molecule has 1 aliphatic rings. The third kappa shape index (κ3) is 3.83. The van der Waals surface area contributed by atoms with Gasteiger partial charge in [-0.25, -0.2) is 13.1 Å². The van der Waals surface area contributed by atoms with Crippen molar-refractivity contribution in [2.75, 3.05) is 25.0 Å². The second-order valence-corrected chi connectivity index (χ2v) is 7.78. The van der Waals surface area contributed by atoms with E-state index in [0.717, 1.165) is 4.68 Å². The van der Waals surface area contributed by atoms with E-state index in [1.165, 1.54) is 13.2 Å². The Morgan fingerprint density at radius 2 is 1.96 bits per heavy atom. The van der Waals surface area contributed by atoms with Gasteiger partial charge in [0.1, 0.15) is 5.02 Å². The van der Waals surface area contributed by atoms with Crippen LogP contribution in [0.25, 0.3) is 0 Å². The van der Waals surface area contributed by atoms with Crippen LogP contribution in [0, 0.1) is 5.92 Å².